The zero-order chi connectivity index (χ0) is 11.5. The highest BCUT2D eigenvalue weighted by atomic mass is 16.5. The quantitative estimate of drug-likeness (QED) is 0.825. The molecule has 5 heteroatoms. The Morgan fingerprint density at radius 1 is 1.62 bits per heavy atom. The predicted molar refractivity (Wildman–Crippen MR) is 57.0 cm³/mol. The van der Waals surface area contributed by atoms with Crippen LogP contribution in [0.4, 0.5) is 0 Å². The van der Waals surface area contributed by atoms with Crippen LogP contribution in [0, 0.1) is 6.92 Å². The number of aromatic amines is 1. The first-order chi connectivity index (χ1) is 7.68. The van der Waals surface area contributed by atoms with Crippen molar-refractivity contribution in [3.05, 3.63) is 29.7 Å². The van der Waals surface area contributed by atoms with Gasteiger partial charge in [-0.2, -0.15) is 0 Å². The first-order valence-electron chi connectivity index (χ1n) is 4.98. The van der Waals surface area contributed by atoms with Gasteiger partial charge < -0.3 is 14.6 Å². The number of H-pyrrole nitrogens is 1. The summed E-state index contributed by atoms with van der Waals surface area (Å²) in [6.45, 7) is 1.82. The fourth-order valence-corrected chi connectivity index (χ4v) is 1.61. The lowest BCUT2D eigenvalue weighted by Gasteiger charge is -1.98. The largest absolute Gasteiger partial charge is 0.481 e. The van der Waals surface area contributed by atoms with E-state index in [4.69, 9.17) is 9.63 Å². The summed E-state index contributed by atoms with van der Waals surface area (Å²) in [5, 5.41) is 12.5. The van der Waals surface area contributed by atoms with E-state index in [-0.39, 0.29) is 6.42 Å². The van der Waals surface area contributed by atoms with Crippen molar-refractivity contribution in [1.82, 2.24) is 10.1 Å². The molecule has 0 radical (unpaired) electrons. The minimum Gasteiger partial charge on any atom is -0.481 e. The molecule has 0 bridgehead atoms. The van der Waals surface area contributed by atoms with Crippen LogP contribution in [0.5, 0.6) is 0 Å². The Labute approximate surface area is 92.1 Å². The molecule has 0 aromatic carbocycles. The van der Waals surface area contributed by atoms with Crippen LogP contribution in [0.2, 0.25) is 0 Å². The van der Waals surface area contributed by atoms with E-state index < -0.39 is 5.97 Å². The van der Waals surface area contributed by atoms with Crippen molar-refractivity contribution >= 4 is 5.97 Å². The molecule has 0 fully saturated rings. The third kappa shape index (κ3) is 1.98. The number of aliphatic carboxylic acids is 1. The second kappa shape index (κ2) is 4.22. The SMILES string of the molecule is Cc1noc(-c2cc[nH]c2)c1CCC(=O)O. The fourth-order valence-electron chi connectivity index (χ4n) is 1.61. The number of rotatable bonds is 4. The number of aryl methyl sites for hydroxylation is 1. The monoisotopic (exact) mass is 220 g/mol. The summed E-state index contributed by atoms with van der Waals surface area (Å²) in [4.78, 5) is 13.5. The molecule has 84 valence electrons. The van der Waals surface area contributed by atoms with Gasteiger partial charge in [-0.05, 0) is 19.4 Å². The normalized spacial score (nSPS) is 10.6. The van der Waals surface area contributed by atoms with E-state index in [0.717, 1.165) is 16.8 Å². The summed E-state index contributed by atoms with van der Waals surface area (Å²) in [6.07, 6.45) is 4.10. The number of carbonyl (C=O) groups is 1. The average molecular weight is 220 g/mol. The molecule has 0 spiro atoms. The molecule has 0 aliphatic heterocycles. The van der Waals surface area contributed by atoms with Crippen molar-refractivity contribution in [1.29, 1.82) is 0 Å². The van der Waals surface area contributed by atoms with E-state index in [1.165, 1.54) is 0 Å². The van der Waals surface area contributed by atoms with Crippen LogP contribution in [-0.4, -0.2) is 21.2 Å². The fraction of sp³-hybridized carbons (Fsp3) is 0.273. The molecule has 0 unspecified atom stereocenters. The van der Waals surface area contributed by atoms with E-state index in [1.807, 2.05) is 13.0 Å². The molecule has 0 aliphatic rings. The molecule has 0 amide bonds. The van der Waals surface area contributed by atoms with Crippen molar-refractivity contribution in [2.24, 2.45) is 0 Å². The van der Waals surface area contributed by atoms with E-state index >= 15 is 0 Å². The van der Waals surface area contributed by atoms with Crippen LogP contribution < -0.4 is 0 Å². The summed E-state index contributed by atoms with van der Waals surface area (Å²) < 4.78 is 5.21. The lowest BCUT2D eigenvalue weighted by Crippen LogP contribution is -1.98. The molecule has 0 aliphatic carbocycles. The maximum atomic E-state index is 10.5. The lowest BCUT2D eigenvalue weighted by atomic mass is 10.0. The predicted octanol–water partition coefficient (Wildman–Crippen LogP) is 2.00. The second-order valence-electron chi connectivity index (χ2n) is 3.57. The van der Waals surface area contributed by atoms with Gasteiger partial charge in [0.25, 0.3) is 0 Å². The van der Waals surface area contributed by atoms with E-state index in [0.29, 0.717) is 12.2 Å². The molecule has 2 aromatic heterocycles. The average Bonchev–Trinajstić information content (AvgIpc) is 2.83. The summed E-state index contributed by atoms with van der Waals surface area (Å²) in [5.41, 5.74) is 2.50. The molecule has 2 rings (SSSR count). The highest BCUT2D eigenvalue weighted by Crippen LogP contribution is 2.26. The summed E-state index contributed by atoms with van der Waals surface area (Å²) in [7, 11) is 0. The Hall–Kier alpha value is -2.04. The molecule has 0 atom stereocenters. The lowest BCUT2D eigenvalue weighted by molar-refractivity contribution is -0.136. The van der Waals surface area contributed by atoms with Crippen LogP contribution in [0.15, 0.2) is 23.0 Å². The Kier molecular flexibility index (Phi) is 2.76. The van der Waals surface area contributed by atoms with Gasteiger partial charge in [0.05, 0.1) is 5.69 Å². The van der Waals surface area contributed by atoms with Crippen LogP contribution >= 0.6 is 0 Å². The van der Waals surface area contributed by atoms with Crippen molar-refractivity contribution < 1.29 is 14.4 Å². The minimum absolute atomic E-state index is 0.0828. The first-order valence-corrected chi connectivity index (χ1v) is 4.98. The van der Waals surface area contributed by atoms with Crippen molar-refractivity contribution in [3.63, 3.8) is 0 Å². The van der Waals surface area contributed by atoms with Gasteiger partial charge in [-0.25, -0.2) is 0 Å². The van der Waals surface area contributed by atoms with Gasteiger partial charge in [0, 0.05) is 29.9 Å². The summed E-state index contributed by atoms with van der Waals surface area (Å²) in [6, 6.07) is 1.87. The summed E-state index contributed by atoms with van der Waals surface area (Å²) >= 11 is 0. The first kappa shape index (κ1) is 10.5. The van der Waals surface area contributed by atoms with E-state index in [1.54, 1.807) is 12.4 Å². The Morgan fingerprint density at radius 2 is 2.44 bits per heavy atom. The number of hydrogen-bond donors (Lipinski definition) is 2. The molecule has 2 aromatic rings. The molecule has 2 N–H and O–H groups in total. The van der Waals surface area contributed by atoms with Gasteiger partial charge >= 0.3 is 5.97 Å². The maximum absolute atomic E-state index is 10.5. The highest BCUT2D eigenvalue weighted by molar-refractivity contribution is 5.68. The number of carboxylic acids is 1. The standard InChI is InChI=1S/C11H12N2O3/c1-7-9(2-3-10(14)15)11(16-13-7)8-4-5-12-6-8/h4-6,12H,2-3H2,1H3,(H,14,15). The van der Waals surface area contributed by atoms with Crippen LogP contribution in [0.3, 0.4) is 0 Å². The Balaban J connectivity index is 2.29. The third-order valence-electron chi connectivity index (χ3n) is 2.43. The van der Waals surface area contributed by atoms with Crippen LogP contribution in [0.25, 0.3) is 11.3 Å². The second-order valence-corrected chi connectivity index (χ2v) is 3.57. The molecule has 0 saturated carbocycles. The smallest absolute Gasteiger partial charge is 0.303 e. The number of carboxylic acid groups (broad SMARTS) is 1. The number of nitrogens with zero attached hydrogens (tertiary/aromatic N) is 1. The molecular weight excluding hydrogens is 208 g/mol. The molecular formula is C11H12N2O3. The molecule has 5 nitrogen and oxygen atoms in total. The van der Waals surface area contributed by atoms with Crippen LogP contribution in [0.1, 0.15) is 17.7 Å². The van der Waals surface area contributed by atoms with Gasteiger partial charge in [-0.15, -0.1) is 0 Å². The Morgan fingerprint density at radius 3 is 3.06 bits per heavy atom. The van der Waals surface area contributed by atoms with E-state index in [9.17, 15) is 4.79 Å². The zero-order valence-corrected chi connectivity index (χ0v) is 8.86. The van der Waals surface area contributed by atoms with Crippen molar-refractivity contribution in [2.45, 2.75) is 19.8 Å². The number of aromatic nitrogens is 2. The number of hydrogen-bond acceptors (Lipinski definition) is 3. The van der Waals surface area contributed by atoms with Crippen molar-refractivity contribution in [3.8, 4) is 11.3 Å². The van der Waals surface area contributed by atoms with Gasteiger partial charge in [0.1, 0.15) is 0 Å². The molecule has 2 heterocycles. The van der Waals surface area contributed by atoms with Crippen molar-refractivity contribution in [2.75, 3.05) is 0 Å². The minimum atomic E-state index is -0.819. The maximum Gasteiger partial charge on any atom is 0.303 e. The highest BCUT2D eigenvalue weighted by Gasteiger charge is 2.15. The van der Waals surface area contributed by atoms with Crippen LogP contribution in [-0.2, 0) is 11.2 Å². The van der Waals surface area contributed by atoms with Gasteiger partial charge in [-0.3, -0.25) is 4.79 Å². The molecule has 16 heavy (non-hydrogen) atoms. The third-order valence-corrected chi connectivity index (χ3v) is 2.43. The molecule has 0 saturated heterocycles. The summed E-state index contributed by atoms with van der Waals surface area (Å²) in [5.74, 6) is -0.166. The Bertz CT molecular complexity index is 485. The number of nitrogens with one attached hydrogen (secondary N) is 1. The van der Waals surface area contributed by atoms with Gasteiger partial charge in [0.2, 0.25) is 0 Å². The van der Waals surface area contributed by atoms with E-state index in [2.05, 4.69) is 10.1 Å². The van der Waals surface area contributed by atoms with Gasteiger partial charge in [0.15, 0.2) is 5.76 Å². The topological polar surface area (TPSA) is 79.1 Å². The van der Waals surface area contributed by atoms with Gasteiger partial charge in [-0.1, -0.05) is 5.16 Å². The zero-order valence-electron chi connectivity index (χ0n) is 8.86.